The summed E-state index contributed by atoms with van der Waals surface area (Å²) >= 11 is 5.57. The number of hydrogen-bond donors (Lipinski definition) is 1. The largest absolute Gasteiger partial charge is 0.389 e. The first kappa shape index (κ1) is 7.36. The number of aliphatic hydroxyl groups is 1. The number of hydrogen-bond acceptors (Lipinski definition) is 1. The second-order valence-electron chi connectivity index (χ2n) is 2.92. The molecule has 1 aliphatic rings. The van der Waals surface area contributed by atoms with Gasteiger partial charge >= 0.3 is 0 Å². The Morgan fingerprint density at radius 1 is 1.22 bits per heavy atom. The maximum atomic E-state index is 9.55. The second kappa shape index (κ2) is 2.89. The zero-order valence-corrected chi connectivity index (χ0v) is 6.32. The standard InChI is InChI=1S/C7H13ClO/c8-6-7(9)4-2-1-3-5-7/h9H,1-6H2. The Balaban J connectivity index is 2.37. The molecule has 1 aliphatic carbocycles. The fraction of sp³-hybridized carbons (Fsp3) is 1.00. The fourth-order valence-electron chi connectivity index (χ4n) is 1.34. The Morgan fingerprint density at radius 3 is 2.11 bits per heavy atom. The lowest BCUT2D eigenvalue weighted by atomic mass is 9.87. The van der Waals surface area contributed by atoms with Crippen LogP contribution in [0, 0.1) is 0 Å². The van der Waals surface area contributed by atoms with Crippen molar-refractivity contribution in [1.82, 2.24) is 0 Å². The molecule has 0 unspecified atom stereocenters. The number of rotatable bonds is 1. The molecule has 0 saturated heterocycles. The van der Waals surface area contributed by atoms with Crippen molar-refractivity contribution in [3.63, 3.8) is 0 Å². The number of halogens is 1. The van der Waals surface area contributed by atoms with Crippen LogP contribution >= 0.6 is 11.6 Å². The van der Waals surface area contributed by atoms with E-state index in [0.29, 0.717) is 5.88 Å². The number of alkyl halides is 1. The van der Waals surface area contributed by atoms with Crippen LogP contribution in [0.4, 0.5) is 0 Å². The van der Waals surface area contributed by atoms with E-state index < -0.39 is 5.60 Å². The predicted octanol–water partition coefficient (Wildman–Crippen LogP) is 1.92. The van der Waals surface area contributed by atoms with Gasteiger partial charge < -0.3 is 5.11 Å². The Kier molecular flexibility index (Phi) is 2.36. The minimum Gasteiger partial charge on any atom is -0.389 e. The van der Waals surface area contributed by atoms with Crippen LogP contribution in [-0.2, 0) is 0 Å². The maximum Gasteiger partial charge on any atom is 0.0782 e. The van der Waals surface area contributed by atoms with Gasteiger partial charge in [0.15, 0.2) is 0 Å². The maximum absolute atomic E-state index is 9.55. The van der Waals surface area contributed by atoms with Crippen molar-refractivity contribution in [3.8, 4) is 0 Å². The van der Waals surface area contributed by atoms with E-state index in [0.717, 1.165) is 25.7 Å². The molecule has 0 radical (unpaired) electrons. The van der Waals surface area contributed by atoms with Gasteiger partial charge in [0.2, 0.25) is 0 Å². The lowest BCUT2D eigenvalue weighted by molar-refractivity contribution is 0.0259. The third-order valence-corrected chi connectivity index (χ3v) is 2.53. The van der Waals surface area contributed by atoms with Crippen LogP contribution in [0.1, 0.15) is 32.1 Å². The van der Waals surface area contributed by atoms with Crippen LogP contribution in [0.15, 0.2) is 0 Å². The van der Waals surface area contributed by atoms with Crippen LogP contribution in [-0.4, -0.2) is 16.6 Å². The Morgan fingerprint density at radius 2 is 1.78 bits per heavy atom. The smallest absolute Gasteiger partial charge is 0.0782 e. The minimum absolute atomic E-state index is 0.410. The molecule has 1 rings (SSSR count). The van der Waals surface area contributed by atoms with Gasteiger partial charge in [-0.2, -0.15) is 0 Å². The molecule has 0 bridgehead atoms. The van der Waals surface area contributed by atoms with Crippen molar-refractivity contribution in [2.75, 3.05) is 5.88 Å². The van der Waals surface area contributed by atoms with Gasteiger partial charge in [0.1, 0.15) is 0 Å². The fourth-order valence-corrected chi connectivity index (χ4v) is 1.61. The normalized spacial score (nSPS) is 26.0. The summed E-state index contributed by atoms with van der Waals surface area (Å²) in [6.45, 7) is 0. The van der Waals surface area contributed by atoms with Crippen LogP contribution in [0.2, 0.25) is 0 Å². The van der Waals surface area contributed by atoms with Gasteiger partial charge in [-0.3, -0.25) is 0 Å². The highest BCUT2D eigenvalue weighted by molar-refractivity contribution is 6.18. The lowest BCUT2D eigenvalue weighted by Gasteiger charge is -2.29. The highest BCUT2D eigenvalue weighted by atomic mass is 35.5. The summed E-state index contributed by atoms with van der Waals surface area (Å²) in [6.07, 6.45) is 5.35. The molecule has 0 amide bonds. The molecule has 0 aromatic heterocycles. The SMILES string of the molecule is OC1(CCl)CCCCC1. The zero-order chi connectivity index (χ0) is 6.74. The molecule has 0 spiro atoms. The van der Waals surface area contributed by atoms with Crippen LogP contribution in [0.3, 0.4) is 0 Å². The van der Waals surface area contributed by atoms with Crippen molar-refractivity contribution >= 4 is 11.6 Å². The monoisotopic (exact) mass is 148 g/mol. The van der Waals surface area contributed by atoms with Crippen molar-refractivity contribution in [3.05, 3.63) is 0 Å². The van der Waals surface area contributed by atoms with Gasteiger partial charge in [0.05, 0.1) is 11.5 Å². The third kappa shape index (κ3) is 1.84. The third-order valence-electron chi connectivity index (χ3n) is 2.03. The molecule has 2 heteroatoms. The highest BCUT2D eigenvalue weighted by Gasteiger charge is 2.27. The van der Waals surface area contributed by atoms with Crippen LogP contribution < -0.4 is 0 Å². The van der Waals surface area contributed by atoms with Gasteiger partial charge in [-0.1, -0.05) is 19.3 Å². The van der Waals surface area contributed by atoms with E-state index in [2.05, 4.69) is 0 Å². The second-order valence-corrected chi connectivity index (χ2v) is 3.19. The predicted molar refractivity (Wildman–Crippen MR) is 38.8 cm³/mol. The van der Waals surface area contributed by atoms with Crippen molar-refractivity contribution in [1.29, 1.82) is 0 Å². The first-order valence-electron chi connectivity index (χ1n) is 3.55. The molecular formula is C7H13ClO. The Labute approximate surface area is 61.0 Å². The molecule has 1 saturated carbocycles. The van der Waals surface area contributed by atoms with E-state index in [1.54, 1.807) is 0 Å². The quantitative estimate of drug-likeness (QED) is 0.564. The zero-order valence-electron chi connectivity index (χ0n) is 5.57. The molecule has 1 N–H and O–H groups in total. The van der Waals surface area contributed by atoms with Crippen molar-refractivity contribution in [2.24, 2.45) is 0 Å². The van der Waals surface area contributed by atoms with Gasteiger partial charge in [-0.15, -0.1) is 11.6 Å². The summed E-state index contributed by atoms with van der Waals surface area (Å²) in [4.78, 5) is 0. The summed E-state index contributed by atoms with van der Waals surface area (Å²) in [6, 6.07) is 0. The van der Waals surface area contributed by atoms with Crippen molar-refractivity contribution in [2.45, 2.75) is 37.7 Å². The molecule has 54 valence electrons. The molecule has 0 aromatic rings. The summed E-state index contributed by atoms with van der Waals surface area (Å²) in [5.74, 6) is 0.410. The Bertz CT molecular complexity index is 86.9. The van der Waals surface area contributed by atoms with Crippen LogP contribution in [0.25, 0.3) is 0 Å². The molecule has 9 heavy (non-hydrogen) atoms. The first-order chi connectivity index (χ1) is 4.27. The van der Waals surface area contributed by atoms with Crippen LogP contribution in [0.5, 0.6) is 0 Å². The van der Waals surface area contributed by atoms with E-state index in [9.17, 15) is 5.11 Å². The topological polar surface area (TPSA) is 20.2 Å². The van der Waals surface area contributed by atoms with E-state index in [1.165, 1.54) is 6.42 Å². The van der Waals surface area contributed by atoms with Gasteiger partial charge in [0, 0.05) is 0 Å². The molecule has 1 fully saturated rings. The van der Waals surface area contributed by atoms with E-state index >= 15 is 0 Å². The Hall–Kier alpha value is 0.250. The van der Waals surface area contributed by atoms with Gasteiger partial charge in [-0.25, -0.2) is 0 Å². The molecular weight excluding hydrogens is 136 g/mol. The summed E-state index contributed by atoms with van der Waals surface area (Å²) in [5.41, 5.74) is -0.514. The van der Waals surface area contributed by atoms with Gasteiger partial charge in [-0.05, 0) is 12.8 Å². The molecule has 1 nitrogen and oxygen atoms in total. The lowest BCUT2D eigenvalue weighted by Crippen LogP contribution is -2.32. The van der Waals surface area contributed by atoms with E-state index in [-0.39, 0.29) is 0 Å². The van der Waals surface area contributed by atoms with E-state index in [1.807, 2.05) is 0 Å². The summed E-state index contributed by atoms with van der Waals surface area (Å²) in [5, 5.41) is 9.55. The molecule has 0 aliphatic heterocycles. The highest BCUT2D eigenvalue weighted by Crippen LogP contribution is 2.28. The van der Waals surface area contributed by atoms with E-state index in [4.69, 9.17) is 11.6 Å². The molecule has 0 aromatic carbocycles. The molecule has 0 atom stereocenters. The average Bonchev–Trinajstić information content (AvgIpc) is 1.90. The van der Waals surface area contributed by atoms with Crippen molar-refractivity contribution < 1.29 is 5.11 Å². The molecule has 0 heterocycles. The average molecular weight is 149 g/mol. The summed E-state index contributed by atoms with van der Waals surface area (Å²) in [7, 11) is 0. The van der Waals surface area contributed by atoms with Gasteiger partial charge in [0.25, 0.3) is 0 Å². The minimum atomic E-state index is -0.514. The summed E-state index contributed by atoms with van der Waals surface area (Å²) < 4.78 is 0. The first-order valence-corrected chi connectivity index (χ1v) is 4.09.